The quantitative estimate of drug-likeness (QED) is 0.436. The Morgan fingerprint density at radius 1 is 1.10 bits per heavy atom. The van der Waals surface area contributed by atoms with E-state index in [1.165, 1.54) is 11.1 Å². The number of hydrogen-bond acceptors (Lipinski definition) is 6. The van der Waals surface area contributed by atoms with Crippen molar-refractivity contribution in [2.75, 3.05) is 44.9 Å². The van der Waals surface area contributed by atoms with Gasteiger partial charge in [-0.2, -0.15) is 0 Å². The molecule has 0 unspecified atom stereocenters. The highest BCUT2D eigenvalue weighted by molar-refractivity contribution is 7.99. The van der Waals surface area contributed by atoms with Crippen LogP contribution in [0.2, 0.25) is 0 Å². The smallest absolute Gasteiger partial charge is 0.229 e. The number of aryl methyl sites for hydroxylation is 2. The molecule has 160 valence electrons. The number of likely N-dealkylation sites (N-methyl/N-ethyl adjacent to an activating group) is 1. The summed E-state index contributed by atoms with van der Waals surface area (Å²) in [5, 5.41) is 0.792. The molecule has 0 aliphatic rings. The fourth-order valence-corrected chi connectivity index (χ4v) is 4.93. The largest absolute Gasteiger partial charge is 0.497 e. The molecule has 30 heavy (non-hydrogen) atoms. The molecule has 1 aromatic heterocycles. The number of thioether (sulfide) groups is 1. The van der Waals surface area contributed by atoms with Gasteiger partial charge in [0.05, 0.1) is 17.3 Å². The Bertz CT molecular complexity index is 1000. The van der Waals surface area contributed by atoms with E-state index in [9.17, 15) is 4.79 Å². The molecule has 0 bridgehead atoms. The minimum absolute atomic E-state index is 0.117. The first kappa shape index (κ1) is 22.6. The first-order valence-corrected chi connectivity index (χ1v) is 11.8. The summed E-state index contributed by atoms with van der Waals surface area (Å²) in [6, 6.07) is 12.2. The van der Waals surface area contributed by atoms with E-state index in [0.29, 0.717) is 13.0 Å². The summed E-state index contributed by atoms with van der Waals surface area (Å²) in [5.41, 5.74) is 3.41. The molecule has 0 spiro atoms. The molecule has 3 rings (SSSR count). The average molecular weight is 444 g/mol. The van der Waals surface area contributed by atoms with E-state index in [1.54, 1.807) is 30.2 Å². The highest BCUT2D eigenvalue weighted by atomic mass is 32.2. The summed E-state index contributed by atoms with van der Waals surface area (Å²) in [4.78, 5) is 23.0. The summed E-state index contributed by atoms with van der Waals surface area (Å²) in [5.74, 6) is 1.69. The van der Waals surface area contributed by atoms with E-state index in [-0.39, 0.29) is 5.91 Å². The third kappa shape index (κ3) is 5.53. The third-order valence-electron chi connectivity index (χ3n) is 5.02. The Hall–Kier alpha value is -2.09. The van der Waals surface area contributed by atoms with E-state index in [0.717, 1.165) is 38.3 Å². The summed E-state index contributed by atoms with van der Waals surface area (Å²) >= 11 is 3.28. The van der Waals surface area contributed by atoms with Gasteiger partial charge >= 0.3 is 0 Å². The molecule has 0 saturated heterocycles. The number of hydrogen-bond donors (Lipinski definition) is 0. The predicted octanol–water partition coefficient (Wildman–Crippen LogP) is 5.00. The van der Waals surface area contributed by atoms with E-state index in [2.05, 4.69) is 30.9 Å². The van der Waals surface area contributed by atoms with Gasteiger partial charge in [0.25, 0.3) is 0 Å². The standard InChI is InChI=1S/C23H29N3O2S2/c1-16-6-11-20-22(17(16)2)24-23(30-20)26(14-13-25(3)4)21(27)12-15-29-19-9-7-18(28-5)8-10-19/h6-11H,12-15H2,1-5H3. The van der Waals surface area contributed by atoms with Crippen LogP contribution in [0.4, 0.5) is 5.13 Å². The number of rotatable bonds is 9. The van der Waals surface area contributed by atoms with E-state index in [4.69, 9.17) is 9.72 Å². The van der Waals surface area contributed by atoms with Gasteiger partial charge < -0.3 is 9.64 Å². The molecule has 0 aliphatic heterocycles. The number of fused-ring (bicyclic) bond motifs is 1. The zero-order valence-electron chi connectivity index (χ0n) is 18.3. The Kier molecular flexibility index (Phi) is 7.75. The predicted molar refractivity (Wildman–Crippen MR) is 128 cm³/mol. The fraction of sp³-hybridized carbons (Fsp3) is 0.391. The number of benzene rings is 2. The van der Waals surface area contributed by atoms with Crippen LogP contribution in [0.3, 0.4) is 0 Å². The van der Waals surface area contributed by atoms with Gasteiger partial charge in [0, 0.05) is 30.2 Å². The molecule has 0 atom stereocenters. The average Bonchev–Trinajstić information content (AvgIpc) is 3.16. The first-order chi connectivity index (χ1) is 14.4. The second kappa shape index (κ2) is 10.3. The maximum Gasteiger partial charge on any atom is 0.229 e. The minimum atomic E-state index is 0.117. The summed E-state index contributed by atoms with van der Waals surface area (Å²) < 4.78 is 6.33. The van der Waals surface area contributed by atoms with Crippen molar-refractivity contribution in [3.63, 3.8) is 0 Å². The molecule has 0 saturated carbocycles. The molecular weight excluding hydrogens is 414 g/mol. The first-order valence-electron chi connectivity index (χ1n) is 9.97. The number of carbonyl (C=O) groups is 1. The van der Waals surface area contributed by atoms with Crippen molar-refractivity contribution in [2.45, 2.75) is 25.2 Å². The van der Waals surface area contributed by atoms with Crippen LogP contribution in [0.5, 0.6) is 5.75 Å². The van der Waals surface area contributed by atoms with Crippen molar-refractivity contribution in [2.24, 2.45) is 0 Å². The minimum Gasteiger partial charge on any atom is -0.497 e. The third-order valence-corrected chi connectivity index (χ3v) is 7.08. The highest BCUT2D eigenvalue weighted by Gasteiger charge is 2.20. The molecule has 0 N–H and O–H groups in total. The molecular formula is C23H29N3O2S2. The van der Waals surface area contributed by atoms with Gasteiger partial charge in [-0.3, -0.25) is 9.69 Å². The highest BCUT2D eigenvalue weighted by Crippen LogP contribution is 2.32. The van der Waals surface area contributed by atoms with Gasteiger partial charge in [0.2, 0.25) is 5.91 Å². The zero-order chi connectivity index (χ0) is 21.7. The van der Waals surface area contributed by atoms with Crippen LogP contribution in [0, 0.1) is 13.8 Å². The van der Waals surface area contributed by atoms with Crippen LogP contribution in [0.25, 0.3) is 10.2 Å². The normalized spacial score (nSPS) is 11.3. The maximum absolute atomic E-state index is 13.1. The van der Waals surface area contributed by atoms with Gasteiger partial charge in [-0.05, 0) is 69.4 Å². The van der Waals surface area contributed by atoms with Crippen LogP contribution in [-0.4, -0.2) is 55.8 Å². The molecule has 0 radical (unpaired) electrons. The van der Waals surface area contributed by atoms with Crippen LogP contribution in [0.1, 0.15) is 17.5 Å². The number of aromatic nitrogens is 1. The second-order valence-corrected chi connectivity index (χ2v) is 9.65. The van der Waals surface area contributed by atoms with Crippen molar-refractivity contribution in [1.82, 2.24) is 9.88 Å². The number of amides is 1. The molecule has 2 aromatic carbocycles. The maximum atomic E-state index is 13.1. The summed E-state index contributed by atoms with van der Waals surface area (Å²) in [6.07, 6.45) is 0.470. The SMILES string of the molecule is COc1ccc(SCCC(=O)N(CCN(C)C)c2nc3c(C)c(C)ccc3s2)cc1. The Morgan fingerprint density at radius 3 is 2.50 bits per heavy atom. The topological polar surface area (TPSA) is 45.7 Å². The zero-order valence-corrected chi connectivity index (χ0v) is 19.9. The number of nitrogens with zero attached hydrogens (tertiary/aromatic N) is 3. The van der Waals surface area contributed by atoms with Crippen molar-refractivity contribution in [1.29, 1.82) is 0 Å². The number of anilines is 1. The molecule has 0 fully saturated rings. The van der Waals surface area contributed by atoms with Crippen molar-refractivity contribution < 1.29 is 9.53 Å². The fourth-order valence-electron chi connectivity index (χ4n) is 3.02. The second-order valence-electron chi connectivity index (χ2n) is 7.47. The lowest BCUT2D eigenvalue weighted by Gasteiger charge is -2.22. The van der Waals surface area contributed by atoms with E-state index in [1.807, 2.05) is 43.3 Å². The summed E-state index contributed by atoms with van der Waals surface area (Å²) in [7, 11) is 5.70. The Labute approximate surface area is 187 Å². The lowest BCUT2D eigenvalue weighted by molar-refractivity contribution is -0.118. The van der Waals surface area contributed by atoms with E-state index < -0.39 is 0 Å². The van der Waals surface area contributed by atoms with Crippen LogP contribution in [0.15, 0.2) is 41.3 Å². The monoisotopic (exact) mass is 443 g/mol. The van der Waals surface area contributed by atoms with Crippen molar-refractivity contribution in [3.8, 4) is 5.75 Å². The number of ether oxygens (including phenoxy) is 1. The van der Waals surface area contributed by atoms with Gasteiger partial charge in [0.15, 0.2) is 5.13 Å². The van der Waals surface area contributed by atoms with Crippen LogP contribution in [-0.2, 0) is 4.79 Å². The van der Waals surface area contributed by atoms with E-state index >= 15 is 0 Å². The lowest BCUT2D eigenvalue weighted by atomic mass is 10.1. The molecule has 5 nitrogen and oxygen atoms in total. The number of methoxy groups -OCH3 is 1. The molecule has 1 amide bonds. The van der Waals surface area contributed by atoms with Crippen LogP contribution < -0.4 is 9.64 Å². The van der Waals surface area contributed by atoms with Gasteiger partial charge in [-0.25, -0.2) is 4.98 Å². The Morgan fingerprint density at radius 2 is 1.83 bits per heavy atom. The van der Waals surface area contributed by atoms with Gasteiger partial charge in [0.1, 0.15) is 5.75 Å². The molecule has 7 heteroatoms. The molecule has 0 aliphatic carbocycles. The number of thiazole rings is 1. The molecule has 1 heterocycles. The van der Waals surface area contributed by atoms with Crippen molar-refractivity contribution in [3.05, 3.63) is 47.5 Å². The number of carbonyl (C=O) groups excluding carboxylic acids is 1. The van der Waals surface area contributed by atoms with Crippen LogP contribution >= 0.6 is 23.1 Å². The summed E-state index contributed by atoms with van der Waals surface area (Å²) in [6.45, 7) is 5.62. The lowest BCUT2D eigenvalue weighted by Crippen LogP contribution is -2.36. The van der Waals surface area contributed by atoms with Gasteiger partial charge in [-0.1, -0.05) is 17.4 Å². The van der Waals surface area contributed by atoms with Crippen molar-refractivity contribution >= 4 is 44.4 Å². The van der Waals surface area contributed by atoms with Gasteiger partial charge in [-0.15, -0.1) is 11.8 Å². The molecule has 3 aromatic rings. The Balaban J connectivity index is 1.72.